The van der Waals surface area contributed by atoms with Crippen molar-refractivity contribution in [2.75, 3.05) is 21.2 Å². The van der Waals surface area contributed by atoms with Crippen LogP contribution in [0.25, 0.3) is 0 Å². The summed E-state index contributed by atoms with van der Waals surface area (Å²) in [6.45, 7) is 2.97. The maximum absolute atomic E-state index is 11.1. The van der Waals surface area contributed by atoms with Crippen molar-refractivity contribution in [3.63, 3.8) is 0 Å². The number of nitrogens with two attached hydrogens (primary N) is 1. The molecule has 25 heavy (non-hydrogen) atoms. The van der Waals surface area contributed by atoms with Gasteiger partial charge in [0.25, 0.3) is 5.91 Å². The van der Waals surface area contributed by atoms with E-state index in [4.69, 9.17) is 14.9 Å². The molecule has 1 amide bonds. The molecule has 3 N–H and O–H groups in total. The number of hydrogen-bond acceptors (Lipinski definition) is 6. The molecule has 9 heteroatoms. The number of aromatic nitrogens is 1. The van der Waals surface area contributed by atoms with E-state index < -0.39 is 5.91 Å². The van der Waals surface area contributed by atoms with Crippen LogP contribution in [-0.4, -0.2) is 43.0 Å². The van der Waals surface area contributed by atoms with Crippen LogP contribution in [0.4, 0.5) is 0 Å². The second-order valence-electron chi connectivity index (χ2n) is 5.44. The van der Waals surface area contributed by atoms with E-state index in [1.165, 1.54) is 0 Å². The van der Waals surface area contributed by atoms with Crippen molar-refractivity contribution in [2.24, 2.45) is 10.7 Å². The van der Waals surface area contributed by atoms with Crippen LogP contribution in [0, 0.1) is 0 Å². The Bertz CT molecular complexity index is 740. The van der Waals surface area contributed by atoms with Gasteiger partial charge in [0.2, 0.25) is 0 Å². The minimum absolute atomic E-state index is 0.0140. The third-order valence-electron chi connectivity index (χ3n) is 3.57. The van der Waals surface area contributed by atoms with Gasteiger partial charge in [-0.05, 0) is 19.1 Å². The van der Waals surface area contributed by atoms with Crippen LogP contribution in [0.3, 0.4) is 0 Å². The van der Waals surface area contributed by atoms with Gasteiger partial charge in [0.15, 0.2) is 11.7 Å². The van der Waals surface area contributed by atoms with Crippen molar-refractivity contribution in [1.29, 1.82) is 0 Å². The zero-order valence-electron chi connectivity index (χ0n) is 14.8. The zero-order chi connectivity index (χ0) is 18.4. The molecule has 0 aliphatic rings. The highest BCUT2D eigenvalue weighted by molar-refractivity contribution is 7.09. The van der Waals surface area contributed by atoms with Gasteiger partial charge in [0, 0.05) is 26.6 Å². The highest BCUT2D eigenvalue weighted by atomic mass is 32.1. The lowest BCUT2D eigenvalue weighted by atomic mass is 10.4. The van der Waals surface area contributed by atoms with Crippen molar-refractivity contribution in [3.8, 4) is 0 Å². The van der Waals surface area contributed by atoms with E-state index in [1.807, 2.05) is 24.3 Å². The number of primary amides is 1. The topological polar surface area (TPSA) is 106 Å². The number of hydrogen-bond donors (Lipinski definition) is 2. The number of nitrogens with one attached hydrogen (secondary N) is 1. The molecule has 1 unspecified atom stereocenters. The van der Waals surface area contributed by atoms with Crippen LogP contribution in [0.15, 0.2) is 26.9 Å². The number of amides is 1. The first-order valence-corrected chi connectivity index (χ1v) is 8.60. The van der Waals surface area contributed by atoms with Gasteiger partial charge >= 0.3 is 0 Å². The van der Waals surface area contributed by atoms with Gasteiger partial charge in [-0.15, -0.1) is 11.3 Å². The molecule has 0 aliphatic carbocycles. The molecule has 2 aromatic heterocycles. The summed E-state index contributed by atoms with van der Waals surface area (Å²) in [6, 6.07) is 3.26. The predicted molar refractivity (Wildman–Crippen MR) is 96.4 cm³/mol. The minimum atomic E-state index is -0.586. The lowest BCUT2D eigenvalue weighted by Crippen LogP contribution is -2.38. The molecule has 0 saturated carbocycles. The maximum Gasteiger partial charge on any atom is 0.284 e. The number of methoxy groups -OCH3 is 1. The normalized spacial score (nSPS) is 12.9. The average molecular weight is 365 g/mol. The molecule has 2 heterocycles. The molecule has 8 nitrogen and oxygen atoms in total. The highest BCUT2D eigenvalue weighted by Gasteiger charge is 2.13. The Kier molecular flexibility index (Phi) is 6.54. The summed E-state index contributed by atoms with van der Waals surface area (Å²) in [6.07, 6.45) is -0.0140. The second-order valence-corrected chi connectivity index (χ2v) is 6.33. The first kappa shape index (κ1) is 18.9. The van der Waals surface area contributed by atoms with E-state index in [-0.39, 0.29) is 11.9 Å². The van der Waals surface area contributed by atoms with Crippen LogP contribution in [-0.2, 0) is 17.8 Å². The molecule has 0 radical (unpaired) electrons. The Morgan fingerprint density at radius 1 is 1.56 bits per heavy atom. The van der Waals surface area contributed by atoms with Crippen LogP contribution < -0.4 is 11.1 Å². The number of carbonyl (C=O) groups is 1. The van der Waals surface area contributed by atoms with Gasteiger partial charge in [-0.2, -0.15) is 0 Å². The number of rotatable bonds is 7. The molecule has 0 aromatic carbocycles. The lowest BCUT2D eigenvalue weighted by molar-refractivity contribution is 0.0972. The molecule has 1 atom stereocenters. The SMILES string of the molecule is CN=C(NCc1ccc(C(N)=O)o1)N(C)Cc1csc(C(C)OC)n1. The predicted octanol–water partition coefficient (Wildman–Crippen LogP) is 1.75. The quantitative estimate of drug-likeness (QED) is 0.572. The Balaban J connectivity index is 1.93. The number of aliphatic imine (C=N–C) groups is 1. The monoisotopic (exact) mass is 365 g/mol. The Morgan fingerprint density at radius 2 is 2.32 bits per heavy atom. The van der Waals surface area contributed by atoms with Crippen LogP contribution in [0.1, 0.15) is 40.0 Å². The maximum atomic E-state index is 11.1. The summed E-state index contributed by atoms with van der Waals surface area (Å²) in [5, 5.41) is 6.14. The Hall–Kier alpha value is -2.39. The summed E-state index contributed by atoms with van der Waals surface area (Å²) < 4.78 is 10.6. The molecular weight excluding hydrogens is 342 g/mol. The van der Waals surface area contributed by atoms with Gasteiger partial charge in [0.05, 0.1) is 18.8 Å². The standard InChI is InChI=1S/C16H23N5O3S/c1-10(23-4)15-20-11(9-25-15)8-21(3)16(18-2)19-7-12-5-6-13(24-12)14(17)22/h5-6,9-10H,7-8H2,1-4H3,(H2,17,22)(H,18,19). The molecule has 0 spiro atoms. The molecule has 2 rings (SSSR count). The van der Waals surface area contributed by atoms with Crippen LogP contribution in [0.2, 0.25) is 0 Å². The molecular formula is C16H23N5O3S. The molecule has 0 fully saturated rings. The summed E-state index contributed by atoms with van der Waals surface area (Å²) in [5.74, 6) is 0.847. The first-order chi connectivity index (χ1) is 11.9. The van der Waals surface area contributed by atoms with E-state index in [0.717, 1.165) is 10.7 Å². The van der Waals surface area contributed by atoms with E-state index in [0.29, 0.717) is 24.8 Å². The largest absolute Gasteiger partial charge is 0.454 e. The van der Waals surface area contributed by atoms with Crippen molar-refractivity contribution in [3.05, 3.63) is 39.7 Å². The number of thiazole rings is 1. The summed E-state index contributed by atoms with van der Waals surface area (Å²) in [7, 11) is 5.29. The fourth-order valence-corrected chi connectivity index (χ4v) is 3.00. The molecule has 2 aromatic rings. The van der Waals surface area contributed by atoms with E-state index in [2.05, 4.69) is 15.3 Å². The van der Waals surface area contributed by atoms with Gasteiger partial charge in [-0.1, -0.05) is 0 Å². The third-order valence-corrected chi connectivity index (χ3v) is 4.62. The van der Waals surface area contributed by atoms with Crippen molar-refractivity contribution in [2.45, 2.75) is 26.1 Å². The van der Waals surface area contributed by atoms with Crippen LogP contribution >= 0.6 is 11.3 Å². The summed E-state index contributed by atoms with van der Waals surface area (Å²) in [4.78, 5) is 21.8. The fraction of sp³-hybridized carbons (Fsp3) is 0.438. The summed E-state index contributed by atoms with van der Waals surface area (Å²) >= 11 is 1.58. The number of guanidine groups is 1. The third kappa shape index (κ3) is 5.04. The number of furan rings is 1. The average Bonchev–Trinajstić information content (AvgIpc) is 3.24. The van der Waals surface area contributed by atoms with E-state index in [1.54, 1.807) is 37.6 Å². The van der Waals surface area contributed by atoms with Gasteiger partial charge in [-0.3, -0.25) is 9.79 Å². The molecule has 136 valence electrons. The fourth-order valence-electron chi connectivity index (χ4n) is 2.16. The van der Waals surface area contributed by atoms with Crippen LogP contribution in [0.5, 0.6) is 0 Å². The molecule has 0 saturated heterocycles. The van der Waals surface area contributed by atoms with Crippen molar-refractivity contribution < 1.29 is 13.9 Å². The first-order valence-electron chi connectivity index (χ1n) is 7.72. The van der Waals surface area contributed by atoms with Crippen molar-refractivity contribution >= 4 is 23.2 Å². The van der Waals surface area contributed by atoms with E-state index >= 15 is 0 Å². The van der Waals surface area contributed by atoms with Gasteiger partial charge in [0.1, 0.15) is 16.9 Å². The van der Waals surface area contributed by atoms with Gasteiger partial charge < -0.3 is 25.1 Å². The smallest absolute Gasteiger partial charge is 0.284 e. The lowest BCUT2D eigenvalue weighted by Gasteiger charge is -2.20. The minimum Gasteiger partial charge on any atom is -0.454 e. The highest BCUT2D eigenvalue weighted by Crippen LogP contribution is 2.20. The molecule has 0 bridgehead atoms. The summed E-state index contributed by atoms with van der Waals surface area (Å²) in [5.41, 5.74) is 6.12. The number of ether oxygens (including phenoxy) is 1. The van der Waals surface area contributed by atoms with Gasteiger partial charge in [-0.25, -0.2) is 4.98 Å². The second kappa shape index (κ2) is 8.63. The Morgan fingerprint density at radius 3 is 2.92 bits per heavy atom. The van der Waals surface area contributed by atoms with Crippen molar-refractivity contribution in [1.82, 2.24) is 15.2 Å². The number of carbonyl (C=O) groups excluding carboxylic acids is 1. The zero-order valence-corrected chi connectivity index (χ0v) is 15.6. The number of nitrogens with zero attached hydrogens (tertiary/aromatic N) is 3. The van der Waals surface area contributed by atoms with E-state index in [9.17, 15) is 4.79 Å². The Labute approximate surface area is 150 Å². The molecule has 0 aliphatic heterocycles.